The van der Waals surface area contributed by atoms with E-state index in [-0.39, 0.29) is 5.91 Å². The van der Waals surface area contributed by atoms with Crippen LogP contribution in [0.5, 0.6) is 0 Å². The zero-order chi connectivity index (χ0) is 12.4. The second kappa shape index (κ2) is 4.61. The van der Waals surface area contributed by atoms with Crippen molar-refractivity contribution in [2.45, 2.75) is 13.8 Å². The molecular weight excluding hydrogens is 216 g/mol. The van der Waals surface area contributed by atoms with Crippen LogP contribution in [-0.2, 0) is 4.79 Å². The van der Waals surface area contributed by atoms with Crippen LogP contribution in [0.4, 0.5) is 11.5 Å². The fourth-order valence-corrected chi connectivity index (χ4v) is 2.04. The number of carbonyl (C=O) groups excluding carboxylic acids is 1. The lowest BCUT2D eigenvalue weighted by molar-refractivity contribution is -0.129. The molecule has 5 nitrogen and oxygen atoms in total. The van der Waals surface area contributed by atoms with Crippen LogP contribution >= 0.6 is 0 Å². The molecule has 2 rings (SSSR count). The molecule has 2 heterocycles. The van der Waals surface area contributed by atoms with Crippen molar-refractivity contribution in [2.24, 2.45) is 0 Å². The zero-order valence-electron chi connectivity index (χ0n) is 10.3. The summed E-state index contributed by atoms with van der Waals surface area (Å²) in [5, 5.41) is 0. The van der Waals surface area contributed by atoms with Crippen molar-refractivity contribution in [1.29, 1.82) is 0 Å². The van der Waals surface area contributed by atoms with Crippen molar-refractivity contribution in [3.8, 4) is 0 Å². The number of nitrogen functional groups attached to an aromatic ring is 1. The van der Waals surface area contributed by atoms with Crippen LogP contribution in [0.25, 0.3) is 0 Å². The highest BCUT2D eigenvalue weighted by atomic mass is 16.2. The molecule has 1 amide bonds. The van der Waals surface area contributed by atoms with Crippen LogP contribution in [0, 0.1) is 6.92 Å². The predicted molar refractivity (Wildman–Crippen MR) is 67.9 cm³/mol. The highest BCUT2D eigenvalue weighted by Crippen LogP contribution is 2.21. The lowest BCUT2D eigenvalue weighted by atomic mass is 10.2. The monoisotopic (exact) mass is 234 g/mol. The number of nitrogens with zero attached hydrogens (tertiary/aromatic N) is 3. The highest BCUT2D eigenvalue weighted by molar-refractivity contribution is 5.73. The second-order valence-corrected chi connectivity index (χ2v) is 4.36. The van der Waals surface area contributed by atoms with Gasteiger partial charge in [0.2, 0.25) is 5.91 Å². The molecule has 1 aromatic rings. The quantitative estimate of drug-likeness (QED) is 0.774. The fourth-order valence-electron chi connectivity index (χ4n) is 2.04. The molecule has 92 valence electrons. The minimum Gasteiger partial charge on any atom is -0.396 e. The first-order valence-electron chi connectivity index (χ1n) is 5.81. The van der Waals surface area contributed by atoms with E-state index in [1.54, 1.807) is 6.92 Å². The van der Waals surface area contributed by atoms with Crippen molar-refractivity contribution >= 4 is 17.4 Å². The van der Waals surface area contributed by atoms with E-state index in [4.69, 9.17) is 5.73 Å². The maximum atomic E-state index is 11.2. The third-order valence-electron chi connectivity index (χ3n) is 3.07. The molecule has 0 saturated carbocycles. The third kappa shape index (κ3) is 2.49. The molecule has 0 aromatic carbocycles. The van der Waals surface area contributed by atoms with Crippen LogP contribution in [0.1, 0.15) is 12.6 Å². The Kier molecular flexibility index (Phi) is 3.17. The van der Waals surface area contributed by atoms with Gasteiger partial charge in [-0.05, 0) is 19.1 Å². The molecule has 5 heteroatoms. The van der Waals surface area contributed by atoms with Crippen LogP contribution in [0.2, 0.25) is 0 Å². The van der Waals surface area contributed by atoms with Crippen LogP contribution in [-0.4, -0.2) is 42.0 Å². The average Bonchev–Trinajstić information content (AvgIpc) is 2.32. The van der Waals surface area contributed by atoms with Gasteiger partial charge >= 0.3 is 0 Å². The Labute approximate surface area is 101 Å². The van der Waals surface area contributed by atoms with Gasteiger partial charge in [-0.15, -0.1) is 0 Å². The van der Waals surface area contributed by atoms with Gasteiger partial charge in [-0.2, -0.15) is 0 Å². The predicted octanol–water partition coefficient (Wildman–Crippen LogP) is 0.641. The number of aromatic nitrogens is 1. The Balaban J connectivity index is 2.10. The van der Waals surface area contributed by atoms with Gasteiger partial charge in [0.05, 0.1) is 5.69 Å². The molecule has 0 radical (unpaired) electrons. The van der Waals surface area contributed by atoms with Gasteiger partial charge in [-0.3, -0.25) is 4.79 Å². The number of hydrogen-bond acceptors (Lipinski definition) is 4. The summed E-state index contributed by atoms with van der Waals surface area (Å²) in [4.78, 5) is 19.7. The SMILES string of the molecule is CC(=O)N1CCN(c2nc(C)ccc2N)CC1. The summed E-state index contributed by atoms with van der Waals surface area (Å²) < 4.78 is 0. The number of piperazine rings is 1. The van der Waals surface area contributed by atoms with Crippen molar-refractivity contribution in [1.82, 2.24) is 9.88 Å². The molecule has 1 aromatic heterocycles. The molecule has 1 fully saturated rings. The van der Waals surface area contributed by atoms with Crippen molar-refractivity contribution < 1.29 is 4.79 Å². The first-order valence-corrected chi connectivity index (χ1v) is 5.81. The Hall–Kier alpha value is -1.78. The Bertz CT molecular complexity index is 425. The summed E-state index contributed by atoms with van der Waals surface area (Å²) >= 11 is 0. The van der Waals surface area contributed by atoms with E-state index in [2.05, 4.69) is 9.88 Å². The molecule has 1 saturated heterocycles. The minimum atomic E-state index is 0.134. The summed E-state index contributed by atoms with van der Waals surface area (Å²) in [5.74, 6) is 0.975. The highest BCUT2D eigenvalue weighted by Gasteiger charge is 2.20. The largest absolute Gasteiger partial charge is 0.396 e. The van der Waals surface area contributed by atoms with E-state index >= 15 is 0 Å². The van der Waals surface area contributed by atoms with E-state index in [1.165, 1.54) is 0 Å². The summed E-state index contributed by atoms with van der Waals surface area (Å²) in [5.41, 5.74) is 7.59. The molecule has 2 N–H and O–H groups in total. The van der Waals surface area contributed by atoms with Gasteiger partial charge in [-0.1, -0.05) is 0 Å². The topological polar surface area (TPSA) is 62.5 Å². The first-order chi connectivity index (χ1) is 8.08. The fraction of sp³-hybridized carbons (Fsp3) is 0.500. The van der Waals surface area contributed by atoms with Crippen molar-refractivity contribution in [2.75, 3.05) is 36.8 Å². The van der Waals surface area contributed by atoms with E-state index in [0.29, 0.717) is 5.69 Å². The second-order valence-electron chi connectivity index (χ2n) is 4.36. The summed E-state index contributed by atoms with van der Waals surface area (Å²) in [6.07, 6.45) is 0. The molecule has 0 spiro atoms. The number of amides is 1. The average molecular weight is 234 g/mol. The van der Waals surface area contributed by atoms with Gasteiger partial charge in [-0.25, -0.2) is 4.98 Å². The molecule has 1 aliphatic heterocycles. The van der Waals surface area contributed by atoms with Crippen LogP contribution in [0.3, 0.4) is 0 Å². The Morgan fingerprint density at radius 2 is 1.94 bits per heavy atom. The third-order valence-corrected chi connectivity index (χ3v) is 3.07. The lowest BCUT2D eigenvalue weighted by Gasteiger charge is -2.35. The van der Waals surface area contributed by atoms with Crippen molar-refractivity contribution in [3.63, 3.8) is 0 Å². The van der Waals surface area contributed by atoms with Crippen molar-refractivity contribution in [3.05, 3.63) is 17.8 Å². The molecule has 17 heavy (non-hydrogen) atoms. The number of hydrogen-bond donors (Lipinski definition) is 1. The number of pyridine rings is 1. The Morgan fingerprint density at radius 1 is 1.29 bits per heavy atom. The number of aryl methyl sites for hydroxylation is 1. The number of rotatable bonds is 1. The minimum absolute atomic E-state index is 0.134. The smallest absolute Gasteiger partial charge is 0.219 e. The Morgan fingerprint density at radius 3 is 2.53 bits per heavy atom. The zero-order valence-corrected chi connectivity index (χ0v) is 10.3. The molecule has 0 atom stereocenters. The van der Waals surface area contributed by atoms with Crippen LogP contribution < -0.4 is 10.6 Å². The molecule has 0 unspecified atom stereocenters. The van der Waals surface area contributed by atoms with Gasteiger partial charge in [0.1, 0.15) is 0 Å². The van der Waals surface area contributed by atoms with Gasteiger partial charge in [0.25, 0.3) is 0 Å². The van der Waals surface area contributed by atoms with Gasteiger partial charge in [0.15, 0.2) is 5.82 Å². The summed E-state index contributed by atoms with van der Waals surface area (Å²) in [6.45, 7) is 6.62. The van der Waals surface area contributed by atoms with E-state index in [0.717, 1.165) is 37.7 Å². The standard InChI is InChI=1S/C12H18N4O/c1-9-3-4-11(13)12(14-9)16-7-5-15(6-8-16)10(2)17/h3-4H,5-8,13H2,1-2H3. The molecule has 0 bridgehead atoms. The van der Waals surface area contributed by atoms with Gasteiger partial charge < -0.3 is 15.5 Å². The lowest BCUT2D eigenvalue weighted by Crippen LogP contribution is -2.48. The molecule has 1 aliphatic rings. The van der Waals surface area contributed by atoms with E-state index < -0.39 is 0 Å². The maximum absolute atomic E-state index is 11.2. The van der Waals surface area contributed by atoms with Gasteiger partial charge in [0, 0.05) is 38.8 Å². The summed E-state index contributed by atoms with van der Waals surface area (Å²) in [7, 11) is 0. The first kappa shape index (κ1) is 11.7. The number of carbonyl (C=O) groups is 1. The maximum Gasteiger partial charge on any atom is 0.219 e. The molecule has 0 aliphatic carbocycles. The van der Waals surface area contributed by atoms with Crippen LogP contribution in [0.15, 0.2) is 12.1 Å². The van der Waals surface area contributed by atoms with E-state index in [9.17, 15) is 4.79 Å². The normalized spacial score (nSPS) is 16.1. The van der Waals surface area contributed by atoms with E-state index in [1.807, 2.05) is 24.0 Å². The summed E-state index contributed by atoms with van der Waals surface area (Å²) in [6, 6.07) is 3.79. The number of anilines is 2. The number of nitrogens with two attached hydrogens (primary N) is 1. The molecular formula is C12H18N4O.